The molecule has 3 atom stereocenters. The van der Waals surface area contributed by atoms with Gasteiger partial charge in [0.1, 0.15) is 34.5 Å². The van der Waals surface area contributed by atoms with E-state index in [1.165, 1.54) is 81.3 Å². The van der Waals surface area contributed by atoms with Gasteiger partial charge in [-0.05, 0) is 145 Å². The van der Waals surface area contributed by atoms with Gasteiger partial charge in [0.15, 0.2) is 0 Å². The second-order valence-corrected chi connectivity index (χ2v) is 24.0. The number of carbonyl (C=O) groups is 3. The zero-order chi connectivity index (χ0) is 73.0. The van der Waals surface area contributed by atoms with E-state index in [0.717, 1.165) is 128 Å². The number of carbonyl (C=O) groups excluding carboxylic acids is 3. The maximum absolute atomic E-state index is 13.2. The summed E-state index contributed by atoms with van der Waals surface area (Å²) in [5.74, 6) is -1.94. The average molecular weight is 1410 g/mol. The van der Waals surface area contributed by atoms with Crippen LogP contribution in [0.3, 0.4) is 0 Å². The quantitative estimate of drug-likeness (QED) is 0.0156. The van der Waals surface area contributed by atoms with Crippen LogP contribution in [-0.2, 0) is 28.6 Å². The van der Waals surface area contributed by atoms with Crippen molar-refractivity contribution in [2.75, 3.05) is 39.6 Å². The van der Waals surface area contributed by atoms with Gasteiger partial charge in [-0.15, -0.1) is 0 Å². The molecular formula is C79H101F9O12. The van der Waals surface area contributed by atoms with Crippen LogP contribution in [0.1, 0.15) is 183 Å². The Labute approximate surface area is 584 Å². The number of halogens is 9. The summed E-state index contributed by atoms with van der Waals surface area (Å²) in [6.07, 6.45) is -1.13. The monoisotopic (exact) mass is 1410 g/mol. The molecular weight excluding hydrogens is 1310 g/mol. The molecule has 0 bridgehead atoms. The first kappa shape index (κ1) is 84.8. The van der Waals surface area contributed by atoms with Gasteiger partial charge in [-0.25, -0.2) is 14.4 Å². The standard InChI is InChI=1S/C28H37F3O4.C26H33F3O4.C25H31F3O4/c1-3-5-7-8-9-11-20-33-24-16-12-22(13-17-24)23-14-18-25(19-15-23)35-27(32)26(28(29,30)31)34-21-10-6-4-2;1-3-5-7-9-18-31-22-14-10-20(11-15-22)21-12-16-23(17-13-21)33-25(30)24(26(27,28)29)32-19-8-6-4-2;1-3-5-7-17-30-21-13-9-19(10-14-21)20-11-15-22(16-12-20)32-24(29)23(25(26,27)28)31-18-8-6-4-2/h12-19,26H,3-11,20-21H2,1-2H3;10-17,24H,3-9,18-19H2,1-2H3;9-16,23H,3-8,17-18H2,1-2H3. The van der Waals surface area contributed by atoms with Gasteiger partial charge in [0, 0.05) is 19.8 Å². The van der Waals surface area contributed by atoms with E-state index in [1.807, 2.05) is 93.6 Å². The molecule has 3 unspecified atom stereocenters. The lowest BCUT2D eigenvalue weighted by atomic mass is 10.1. The van der Waals surface area contributed by atoms with Crippen molar-refractivity contribution in [3.05, 3.63) is 146 Å². The van der Waals surface area contributed by atoms with Crippen LogP contribution in [0.5, 0.6) is 34.5 Å². The molecule has 0 saturated heterocycles. The maximum Gasteiger partial charge on any atom is 0.425 e. The van der Waals surface area contributed by atoms with E-state index < -0.39 is 54.7 Å². The molecule has 6 aromatic carbocycles. The van der Waals surface area contributed by atoms with Crippen LogP contribution in [0.25, 0.3) is 33.4 Å². The first-order chi connectivity index (χ1) is 48.0. The third-order valence-electron chi connectivity index (χ3n) is 15.5. The molecule has 0 heterocycles. The van der Waals surface area contributed by atoms with Crippen LogP contribution >= 0.6 is 0 Å². The van der Waals surface area contributed by atoms with Crippen molar-refractivity contribution < 1.29 is 96.5 Å². The lowest BCUT2D eigenvalue weighted by Gasteiger charge is -2.19. The van der Waals surface area contributed by atoms with E-state index in [1.54, 1.807) is 36.4 Å². The molecule has 0 N–H and O–H groups in total. The fraction of sp³-hybridized carbons (Fsp3) is 0.506. The number of rotatable bonds is 43. The molecule has 0 aromatic heterocycles. The summed E-state index contributed by atoms with van der Waals surface area (Å²) in [5, 5.41) is 0. The van der Waals surface area contributed by atoms with Crippen LogP contribution < -0.4 is 28.4 Å². The lowest BCUT2D eigenvalue weighted by Crippen LogP contribution is -2.42. The van der Waals surface area contributed by atoms with Gasteiger partial charge in [-0.2, -0.15) is 39.5 Å². The lowest BCUT2D eigenvalue weighted by molar-refractivity contribution is -0.226. The van der Waals surface area contributed by atoms with E-state index in [-0.39, 0.29) is 37.1 Å². The first-order valence-electron chi connectivity index (χ1n) is 35.2. The summed E-state index contributed by atoms with van der Waals surface area (Å²) < 4.78 is 165. The highest BCUT2D eigenvalue weighted by atomic mass is 19.4. The number of benzene rings is 6. The fourth-order valence-corrected chi connectivity index (χ4v) is 9.77. The number of unbranched alkanes of at least 4 members (excludes halogenated alkanes) is 16. The van der Waals surface area contributed by atoms with Crippen LogP contribution in [-0.4, -0.2) is 94.4 Å². The third kappa shape index (κ3) is 33.7. The number of esters is 3. The molecule has 0 radical (unpaired) electrons. The van der Waals surface area contributed by atoms with Crippen LogP contribution in [0.2, 0.25) is 0 Å². The van der Waals surface area contributed by atoms with E-state index in [2.05, 4.69) is 20.8 Å². The number of ether oxygens (including phenoxy) is 9. The number of alkyl halides is 9. The fourth-order valence-electron chi connectivity index (χ4n) is 9.77. The Morgan fingerprint density at radius 3 is 0.640 bits per heavy atom. The SMILES string of the molecule is CCCCCCCCOc1ccc(-c2ccc(OC(=O)C(OCCCCC)C(F)(F)F)cc2)cc1.CCCCCCOc1ccc(-c2ccc(OC(=O)C(OCCCCC)C(F)(F)F)cc2)cc1.CCCCCOc1ccc(-c2ccc(OC(=O)C(OCCCCC)C(F)(F)F)cc2)cc1. The molecule has 0 saturated carbocycles. The minimum absolute atomic E-state index is 0.0287. The Morgan fingerprint density at radius 2 is 0.420 bits per heavy atom. The summed E-state index contributed by atoms with van der Waals surface area (Å²) in [6, 6.07) is 41.7. The second-order valence-electron chi connectivity index (χ2n) is 24.0. The third-order valence-corrected chi connectivity index (χ3v) is 15.5. The zero-order valence-electron chi connectivity index (χ0n) is 58.7. The van der Waals surface area contributed by atoms with Crippen molar-refractivity contribution in [3.63, 3.8) is 0 Å². The van der Waals surface area contributed by atoms with Gasteiger partial charge < -0.3 is 42.6 Å². The highest BCUT2D eigenvalue weighted by Gasteiger charge is 2.49. The van der Waals surface area contributed by atoms with E-state index in [9.17, 15) is 53.9 Å². The van der Waals surface area contributed by atoms with Gasteiger partial charge in [-0.1, -0.05) is 217 Å². The van der Waals surface area contributed by atoms with Gasteiger partial charge in [0.05, 0.1) is 19.8 Å². The van der Waals surface area contributed by atoms with E-state index in [0.29, 0.717) is 39.1 Å². The first-order valence-corrected chi connectivity index (χ1v) is 35.2. The highest BCUT2D eigenvalue weighted by Crippen LogP contribution is 2.32. The van der Waals surface area contributed by atoms with Crippen molar-refractivity contribution in [1.29, 1.82) is 0 Å². The summed E-state index contributed by atoms with van der Waals surface area (Å²) in [6.45, 7) is 13.9. The van der Waals surface area contributed by atoms with Gasteiger partial charge in [0.25, 0.3) is 18.3 Å². The van der Waals surface area contributed by atoms with Crippen LogP contribution in [0.15, 0.2) is 146 Å². The molecule has 6 rings (SSSR count). The number of hydrogen-bond donors (Lipinski definition) is 0. The van der Waals surface area contributed by atoms with Crippen LogP contribution in [0.4, 0.5) is 39.5 Å². The Hall–Kier alpha value is -7.62. The van der Waals surface area contributed by atoms with E-state index in [4.69, 9.17) is 42.6 Å². The average Bonchev–Trinajstić information content (AvgIpc) is 0.854. The Morgan fingerprint density at radius 1 is 0.250 bits per heavy atom. The van der Waals surface area contributed by atoms with Gasteiger partial charge in [0.2, 0.25) is 0 Å². The smallest absolute Gasteiger partial charge is 0.425 e. The topological polar surface area (TPSA) is 134 Å². The predicted molar refractivity (Wildman–Crippen MR) is 372 cm³/mol. The van der Waals surface area contributed by atoms with Crippen molar-refractivity contribution in [1.82, 2.24) is 0 Å². The Balaban J connectivity index is 0.000000319. The minimum atomic E-state index is -4.83. The van der Waals surface area contributed by atoms with Crippen molar-refractivity contribution in [3.8, 4) is 67.9 Å². The van der Waals surface area contributed by atoms with Crippen molar-refractivity contribution in [2.45, 2.75) is 220 Å². The molecule has 0 spiro atoms. The Kier molecular flexibility index (Phi) is 40.3. The van der Waals surface area contributed by atoms with Crippen molar-refractivity contribution in [2.24, 2.45) is 0 Å². The zero-order valence-corrected chi connectivity index (χ0v) is 58.7. The highest BCUT2D eigenvalue weighted by molar-refractivity contribution is 5.80. The molecule has 552 valence electrons. The van der Waals surface area contributed by atoms with Crippen molar-refractivity contribution >= 4 is 17.9 Å². The summed E-state index contributed by atoms with van der Waals surface area (Å²) >= 11 is 0. The van der Waals surface area contributed by atoms with Gasteiger partial charge >= 0.3 is 36.4 Å². The minimum Gasteiger partial charge on any atom is -0.494 e. The maximum atomic E-state index is 13.2. The van der Waals surface area contributed by atoms with Gasteiger partial charge in [-0.3, -0.25) is 0 Å². The van der Waals surface area contributed by atoms with Crippen LogP contribution in [0, 0.1) is 0 Å². The Bertz CT molecular complexity index is 3140. The summed E-state index contributed by atoms with van der Waals surface area (Å²) in [4.78, 5) is 36.2. The normalized spacial score (nSPS) is 12.4. The molecule has 6 aromatic rings. The molecule has 21 heteroatoms. The molecule has 0 aliphatic heterocycles. The molecule has 0 fully saturated rings. The summed E-state index contributed by atoms with van der Waals surface area (Å²) in [5.41, 5.74) is 5.27. The predicted octanol–water partition coefficient (Wildman–Crippen LogP) is 22.5. The molecule has 0 aliphatic carbocycles. The number of hydrogen-bond acceptors (Lipinski definition) is 12. The largest absolute Gasteiger partial charge is 0.494 e. The molecule has 100 heavy (non-hydrogen) atoms. The molecule has 0 amide bonds. The summed E-state index contributed by atoms with van der Waals surface area (Å²) in [7, 11) is 0. The molecule has 12 nitrogen and oxygen atoms in total. The molecule has 0 aliphatic rings. The van der Waals surface area contributed by atoms with E-state index >= 15 is 0 Å². The second kappa shape index (κ2) is 47.5.